The maximum atomic E-state index is 10.5. The van der Waals surface area contributed by atoms with Crippen molar-refractivity contribution in [2.75, 3.05) is 12.9 Å². The fourth-order valence-electron chi connectivity index (χ4n) is 0.418. The lowest BCUT2D eigenvalue weighted by Gasteiger charge is -1.97. The molecule has 0 atom stereocenters. The van der Waals surface area contributed by atoms with E-state index in [1.807, 2.05) is 13.8 Å². The molecule has 0 radical (unpaired) electrons. The van der Waals surface area contributed by atoms with Crippen molar-refractivity contribution in [1.82, 2.24) is 0 Å². The molecule has 0 fully saturated rings. The molecule has 0 aliphatic rings. The van der Waals surface area contributed by atoms with E-state index in [1.165, 1.54) is 0 Å². The summed E-state index contributed by atoms with van der Waals surface area (Å²) in [6.07, 6.45) is 3.29. The van der Waals surface area contributed by atoms with Gasteiger partial charge >= 0.3 is 5.30 Å². The van der Waals surface area contributed by atoms with Crippen LogP contribution in [0.25, 0.3) is 0 Å². The van der Waals surface area contributed by atoms with Gasteiger partial charge in [0.1, 0.15) is 6.61 Å². The van der Waals surface area contributed by atoms with Crippen LogP contribution in [0.15, 0.2) is 4.99 Å². The summed E-state index contributed by atoms with van der Waals surface area (Å²) in [5.74, 6) is 0. The van der Waals surface area contributed by atoms with E-state index in [9.17, 15) is 4.79 Å². The van der Waals surface area contributed by atoms with Crippen molar-refractivity contribution >= 4 is 23.3 Å². The van der Waals surface area contributed by atoms with E-state index in [4.69, 9.17) is 4.74 Å². The van der Waals surface area contributed by atoms with Gasteiger partial charge in [-0.1, -0.05) is 0 Å². The molecule has 0 amide bonds. The SMILES string of the molecule is CSC(=O)OCC=NC(C)C. The van der Waals surface area contributed by atoms with Gasteiger partial charge in [0, 0.05) is 12.3 Å². The second kappa shape index (κ2) is 6.22. The summed E-state index contributed by atoms with van der Waals surface area (Å²) in [4.78, 5) is 14.6. The molecular weight excluding hydrogens is 162 g/mol. The molecule has 0 spiro atoms. The highest BCUT2D eigenvalue weighted by Gasteiger charge is 1.95. The molecule has 0 bridgehead atoms. The molecule has 0 aromatic carbocycles. The molecule has 0 aromatic heterocycles. The van der Waals surface area contributed by atoms with Gasteiger partial charge in [0.2, 0.25) is 0 Å². The van der Waals surface area contributed by atoms with E-state index in [1.54, 1.807) is 12.5 Å². The summed E-state index contributed by atoms with van der Waals surface area (Å²) in [7, 11) is 0. The van der Waals surface area contributed by atoms with Gasteiger partial charge in [-0.2, -0.15) is 0 Å². The van der Waals surface area contributed by atoms with Gasteiger partial charge in [-0.25, -0.2) is 4.79 Å². The van der Waals surface area contributed by atoms with E-state index >= 15 is 0 Å². The largest absolute Gasteiger partial charge is 0.452 e. The molecule has 4 heteroatoms. The highest BCUT2D eigenvalue weighted by atomic mass is 32.2. The molecule has 0 aliphatic heterocycles. The van der Waals surface area contributed by atoms with Crippen LogP contribution in [0.5, 0.6) is 0 Å². The minimum absolute atomic E-state index is 0.264. The first kappa shape index (κ1) is 10.5. The Morgan fingerprint density at radius 2 is 2.36 bits per heavy atom. The van der Waals surface area contributed by atoms with Crippen LogP contribution in [-0.4, -0.2) is 30.4 Å². The van der Waals surface area contributed by atoms with Gasteiger partial charge in [0.05, 0.1) is 0 Å². The summed E-state index contributed by atoms with van der Waals surface area (Å²) in [5, 5.41) is -0.264. The summed E-state index contributed by atoms with van der Waals surface area (Å²) in [6, 6.07) is 0.267. The maximum absolute atomic E-state index is 10.5. The summed E-state index contributed by atoms with van der Waals surface area (Å²) < 4.78 is 4.72. The zero-order valence-corrected chi connectivity index (χ0v) is 7.85. The Labute approximate surface area is 71.2 Å². The van der Waals surface area contributed by atoms with Gasteiger partial charge in [-0.3, -0.25) is 4.99 Å². The lowest BCUT2D eigenvalue weighted by molar-refractivity contribution is 0.192. The van der Waals surface area contributed by atoms with Crippen LogP contribution in [0.1, 0.15) is 13.8 Å². The van der Waals surface area contributed by atoms with Crippen molar-refractivity contribution in [2.45, 2.75) is 19.9 Å². The lowest BCUT2D eigenvalue weighted by atomic mass is 10.4. The molecule has 0 unspecified atom stereocenters. The number of carbonyl (C=O) groups is 1. The number of nitrogens with zero attached hydrogens (tertiary/aromatic N) is 1. The summed E-state index contributed by atoms with van der Waals surface area (Å²) in [6.45, 7) is 4.21. The number of carbonyl (C=O) groups excluding carboxylic acids is 1. The quantitative estimate of drug-likeness (QED) is 0.486. The normalized spacial score (nSPS) is 10.9. The van der Waals surface area contributed by atoms with Crippen LogP contribution in [0.2, 0.25) is 0 Å². The Bertz CT molecular complexity index is 145. The second-order valence-electron chi connectivity index (χ2n) is 2.19. The zero-order valence-electron chi connectivity index (χ0n) is 7.03. The predicted molar refractivity (Wildman–Crippen MR) is 48.5 cm³/mol. The van der Waals surface area contributed by atoms with Crippen molar-refractivity contribution in [3.05, 3.63) is 0 Å². The third-order valence-electron chi connectivity index (χ3n) is 0.846. The minimum Gasteiger partial charge on any atom is -0.452 e. The molecule has 0 rings (SSSR count). The third-order valence-corrected chi connectivity index (χ3v) is 1.30. The second-order valence-corrected chi connectivity index (χ2v) is 2.93. The van der Waals surface area contributed by atoms with Gasteiger partial charge in [-0.05, 0) is 31.9 Å². The number of thioether (sulfide) groups is 1. The highest BCUT2D eigenvalue weighted by molar-refractivity contribution is 8.12. The molecule has 0 aliphatic carbocycles. The van der Waals surface area contributed by atoms with Gasteiger partial charge in [0.25, 0.3) is 0 Å². The highest BCUT2D eigenvalue weighted by Crippen LogP contribution is 1.96. The van der Waals surface area contributed by atoms with Crippen molar-refractivity contribution < 1.29 is 9.53 Å². The van der Waals surface area contributed by atoms with E-state index in [0.29, 0.717) is 0 Å². The van der Waals surface area contributed by atoms with Gasteiger partial charge in [0.15, 0.2) is 0 Å². The van der Waals surface area contributed by atoms with E-state index < -0.39 is 0 Å². The fraction of sp³-hybridized carbons (Fsp3) is 0.714. The smallest absolute Gasteiger partial charge is 0.367 e. The molecule has 0 heterocycles. The first-order valence-electron chi connectivity index (χ1n) is 3.39. The van der Waals surface area contributed by atoms with Crippen LogP contribution in [0.4, 0.5) is 4.79 Å². The Balaban J connectivity index is 3.34. The number of ether oxygens (including phenoxy) is 1. The summed E-state index contributed by atoms with van der Waals surface area (Å²) >= 11 is 1.06. The van der Waals surface area contributed by atoms with Crippen LogP contribution < -0.4 is 0 Å². The van der Waals surface area contributed by atoms with Crippen LogP contribution in [0.3, 0.4) is 0 Å². The zero-order chi connectivity index (χ0) is 8.69. The number of hydrogen-bond acceptors (Lipinski definition) is 4. The molecule has 0 saturated heterocycles. The predicted octanol–water partition coefficient (Wildman–Crippen LogP) is 1.97. The molecule has 0 saturated carbocycles. The van der Waals surface area contributed by atoms with Crippen molar-refractivity contribution in [1.29, 1.82) is 0 Å². The standard InChI is InChI=1S/C7H13NO2S/c1-6(2)8-4-5-10-7(9)11-3/h4,6H,5H2,1-3H3. The average Bonchev–Trinajstić information content (AvgIpc) is 1.97. The average molecular weight is 175 g/mol. The summed E-state index contributed by atoms with van der Waals surface area (Å²) in [5.41, 5.74) is 0. The Morgan fingerprint density at radius 1 is 1.73 bits per heavy atom. The number of aliphatic imine (C=N–C) groups is 1. The van der Waals surface area contributed by atoms with Crippen LogP contribution in [-0.2, 0) is 4.74 Å². The molecule has 64 valence electrons. The fourth-order valence-corrected chi connectivity index (χ4v) is 0.604. The topological polar surface area (TPSA) is 38.7 Å². The van der Waals surface area contributed by atoms with E-state index in [2.05, 4.69) is 4.99 Å². The van der Waals surface area contributed by atoms with E-state index in [0.717, 1.165) is 11.8 Å². The molecule has 11 heavy (non-hydrogen) atoms. The van der Waals surface area contributed by atoms with Crippen LogP contribution in [0, 0.1) is 0 Å². The van der Waals surface area contributed by atoms with Crippen LogP contribution >= 0.6 is 11.8 Å². The maximum Gasteiger partial charge on any atom is 0.367 e. The van der Waals surface area contributed by atoms with Crippen molar-refractivity contribution in [2.24, 2.45) is 4.99 Å². The molecular formula is C7H13NO2S. The number of hydrogen-bond donors (Lipinski definition) is 0. The molecule has 0 N–H and O–H groups in total. The van der Waals surface area contributed by atoms with Gasteiger partial charge < -0.3 is 4.74 Å². The Kier molecular flexibility index (Phi) is 5.93. The lowest BCUT2D eigenvalue weighted by Crippen LogP contribution is -2.01. The molecule has 3 nitrogen and oxygen atoms in total. The van der Waals surface area contributed by atoms with Crippen molar-refractivity contribution in [3.63, 3.8) is 0 Å². The van der Waals surface area contributed by atoms with Crippen molar-refractivity contribution in [3.8, 4) is 0 Å². The third kappa shape index (κ3) is 7.39. The monoisotopic (exact) mass is 175 g/mol. The number of rotatable bonds is 3. The molecule has 0 aromatic rings. The first-order valence-corrected chi connectivity index (χ1v) is 4.61. The Hall–Kier alpha value is -0.510. The first-order chi connectivity index (χ1) is 5.16. The Morgan fingerprint density at radius 3 is 2.82 bits per heavy atom. The van der Waals surface area contributed by atoms with E-state index in [-0.39, 0.29) is 18.0 Å². The van der Waals surface area contributed by atoms with Gasteiger partial charge in [-0.15, -0.1) is 0 Å². The minimum atomic E-state index is -0.264.